The lowest BCUT2D eigenvalue weighted by molar-refractivity contribution is 0.165. The van der Waals surface area contributed by atoms with E-state index in [0.29, 0.717) is 12.5 Å². The minimum Gasteiger partial charge on any atom is -0.445 e. The number of amides is 1. The molecule has 3 heteroatoms. The van der Waals surface area contributed by atoms with E-state index in [-0.39, 0.29) is 0 Å². The van der Waals surface area contributed by atoms with E-state index in [9.17, 15) is 4.79 Å². The third-order valence-corrected chi connectivity index (χ3v) is 2.60. The Morgan fingerprint density at radius 1 is 1.79 bits per heavy atom. The Kier molecular flexibility index (Phi) is 3.74. The van der Waals surface area contributed by atoms with Crippen LogP contribution in [-0.2, 0) is 4.74 Å². The number of ether oxygens (including phenoxy) is 1. The summed E-state index contributed by atoms with van der Waals surface area (Å²) in [6.07, 6.45) is 4.51. The Hall–Kier alpha value is -1.25. The van der Waals surface area contributed by atoms with Gasteiger partial charge in [0.05, 0.1) is 0 Å². The van der Waals surface area contributed by atoms with Gasteiger partial charge >= 0.3 is 6.09 Å². The van der Waals surface area contributed by atoms with Crippen molar-refractivity contribution in [1.29, 1.82) is 0 Å². The number of hydrogen-bond donors (Lipinski definition) is 1. The lowest BCUT2D eigenvalue weighted by Crippen LogP contribution is -2.16. The number of nitrogens with two attached hydrogens (primary N) is 1. The van der Waals surface area contributed by atoms with Crippen LogP contribution in [0.25, 0.3) is 0 Å². The van der Waals surface area contributed by atoms with Crippen LogP contribution in [-0.4, -0.2) is 12.7 Å². The fourth-order valence-corrected chi connectivity index (χ4v) is 1.63. The molecule has 0 saturated carbocycles. The van der Waals surface area contributed by atoms with Crippen LogP contribution in [0.1, 0.15) is 26.2 Å². The first-order chi connectivity index (χ1) is 6.59. The molecule has 0 aromatic rings. The van der Waals surface area contributed by atoms with Gasteiger partial charge in [-0.2, -0.15) is 0 Å². The monoisotopic (exact) mass is 195 g/mol. The Morgan fingerprint density at radius 3 is 2.93 bits per heavy atom. The van der Waals surface area contributed by atoms with E-state index in [2.05, 4.69) is 19.6 Å². The van der Waals surface area contributed by atoms with E-state index in [1.54, 1.807) is 0 Å². The lowest BCUT2D eigenvalue weighted by Gasteiger charge is -2.21. The minimum atomic E-state index is -0.701. The summed E-state index contributed by atoms with van der Waals surface area (Å²) in [7, 11) is 0. The van der Waals surface area contributed by atoms with E-state index in [4.69, 9.17) is 10.5 Å². The number of primary amides is 1. The maximum Gasteiger partial charge on any atom is 0.404 e. The van der Waals surface area contributed by atoms with Crippen molar-refractivity contribution < 1.29 is 9.53 Å². The van der Waals surface area contributed by atoms with Crippen LogP contribution in [0.15, 0.2) is 23.8 Å². The van der Waals surface area contributed by atoms with Gasteiger partial charge in [0.1, 0.15) is 6.61 Å². The molecule has 2 N–H and O–H groups in total. The van der Waals surface area contributed by atoms with Crippen molar-refractivity contribution in [3.63, 3.8) is 0 Å². The van der Waals surface area contributed by atoms with Crippen LogP contribution < -0.4 is 5.73 Å². The fraction of sp³-hybridized carbons (Fsp3) is 0.545. The van der Waals surface area contributed by atoms with E-state index < -0.39 is 6.09 Å². The maximum atomic E-state index is 10.4. The van der Waals surface area contributed by atoms with E-state index in [1.165, 1.54) is 11.1 Å². The predicted molar refractivity (Wildman–Crippen MR) is 55.8 cm³/mol. The summed E-state index contributed by atoms with van der Waals surface area (Å²) >= 11 is 0. The molecule has 0 saturated heterocycles. The summed E-state index contributed by atoms with van der Waals surface area (Å²) in [6, 6.07) is 0. The molecule has 1 aliphatic rings. The molecule has 14 heavy (non-hydrogen) atoms. The SMILES string of the molecule is C=C(C)C1CC=C(COC(N)=O)CC1. The van der Waals surface area contributed by atoms with Gasteiger partial charge in [0.15, 0.2) is 0 Å². The number of carbonyl (C=O) groups excluding carboxylic acids is 1. The molecule has 0 fully saturated rings. The summed E-state index contributed by atoms with van der Waals surface area (Å²) in [5.41, 5.74) is 7.28. The molecule has 0 aromatic carbocycles. The number of hydrogen-bond acceptors (Lipinski definition) is 2. The standard InChI is InChI=1S/C11H17NO2/c1-8(2)10-5-3-9(4-6-10)7-14-11(12)13/h3,10H,1,4-7H2,2H3,(H2,12,13). The molecule has 1 rings (SSSR count). The molecule has 1 atom stereocenters. The maximum absolute atomic E-state index is 10.4. The topological polar surface area (TPSA) is 52.3 Å². The Labute approximate surface area is 84.6 Å². The highest BCUT2D eigenvalue weighted by atomic mass is 16.5. The predicted octanol–water partition coefficient (Wildman–Crippen LogP) is 2.38. The first kappa shape index (κ1) is 10.8. The van der Waals surface area contributed by atoms with Crippen molar-refractivity contribution in [2.75, 3.05) is 6.61 Å². The van der Waals surface area contributed by atoms with Gasteiger partial charge in [-0.25, -0.2) is 4.79 Å². The minimum absolute atomic E-state index is 0.345. The Balaban J connectivity index is 2.37. The normalized spacial score (nSPS) is 21.2. The molecule has 0 radical (unpaired) electrons. The second-order valence-corrected chi connectivity index (χ2v) is 3.79. The van der Waals surface area contributed by atoms with Gasteiger partial charge in [-0.05, 0) is 37.7 Å². The summed E-state index contributed by atoms with van der Waals surface area (Å²) in [5, 5.41) is 0. The van der Waals surface area contributed by atoms with Crippen LogP contribution in [0, 0.1) is 5.92 Å². The van der Waals surface area contributed by atoms with Gasteiger partial charge in [-0.1, -0.05) is 18.2 Å². The molecular formula is C11H17NO2. The number of allylic oxidation sites excluding steroid dienone is 2. The molecule has 0 spiro atoms. The van der Waals surface area contributed by atoms with Crippen molar-refractivity contribution >= 4 is 6.09 Å². The van der Waals surface area contributed by atoms with Gasteiger partial charge in [-0.3, -0.25) is 0 Å². The smallest absolute Gasteiger partial charge is 0.404 e. The molecule has 3 nitrogen and oxygen atoms in total. The molecule has 78 valence electrons. The zero-order valence-electron chi connectivity index (χ0n) is 8.58. The molecule has 1 amide bonds. The highest BCUT2D eigenvalue weighted by Gasteiger charge is 2.15. The van der Waals surface area contributed by atoms with E-state index in [1.807, 2.05) is 0 Å². The third kappa shape index (κ3) is 3.24. The first-order valence-corrected chi connectivity index (χ1v) is 4.85. The van der Waals surface area contributed by atoms with Gasteiger partial charge in [0.25, 0.3) is 0 Å². The van der Waals surface area contributed by atoms with Gasteiger partial charge < -0.3 is 10.5 Å². The summed E-state index contributed by atoms with van der Waals surface area (Å²) in [6.45, 7) is 6.35. The van der Waals surface area contributed by atoms with Crippen molar-refractivity contribution in [1.82, 2.24) is 0 Å². The summed E-state index contributed by atoms with van der Waals surface area (Å²) in [4.78, 5) is 10.4. The highest BCUT2D eigenvalue weighted by molar-refractivity contribution is 5.64. The quantitative estimate of drug-likeness (QED) is 0.703. The highest BCUT2D eigenvalue weighted by Crippen LogP contribution is 2.28. The van der Waals surface area contributed by atoms with Crippen LogP contribution in [0.3, 0.4) is 0 Å². The number of rotatable bonds is 3. The van der Waals surface area contributed by atoms with E-state index >= 15 is 0 Å². The van der Waals surface area contributed by atoms with Crippen molar-refractivity contribution in [2.45, 2.75) is 26.2 Å². The zero-order chi connectivity index (χ0) is 10.6. The molecule has 0 aliphatic heterocycles. The van der Waals surface area contributed by atoms with Crippen LogP contribution in [0.2, 0.25) is 0 Å². The van der Waals surface area contributed by atoms with Crippen LogP contribution >= 0.6 is 0 Å². The van der Waals surface area contributed by atoms with Crippen molar-refractivity contribution in [3.05, 3.63) is 23.8 Å². The average Bonchev–Trinajstić information content (AvgIpc) is 2.15. The number of carbonyl (C=O) groups is 1. The average molecular weight is 195 g/mol. The van der Waals surface area contributed by atoms with Crippen molar-refractivity contribution in [2.24, 2.45) is 11.7 Å². The fourth-order valence-electron chi connectivity index (χ4n) is 1.63. The largest absolute Gasteiger partial charge is 0.445 e. The molecule has 0 bridgehead atoms. The Morgan fingerprint density at radius 2 is 2.50 bits per heavy atom. The second kappa shape index (κ2) is 4.84. The Bertz CT molecular complexity index is 268. The summed E-state index contributed by atoms with van der Waals surface area (Å²) < 4.78 is 4.73. The zero-order valence-corrected chi connectivity index (χ0v) is 8.58. The molecular weight excluding hydrogens is 178 g/mol. The second-order valence-electron chi connectivity index (χ2n) is 3.79. The van der Waals surface area contributed by atoms with Crippen LogP contribution in [0.5, 0.6) is 0 Å². The van der Waals surface area contributed by atoms with Gasteiger partial charge in [-0.15, -0.1) is 0 Å². The molecule has 1 unspecified atom stereocenters. The third-order valence-electron chi connectivity index (χ3n) is 2.60. The molecule has 0 heterocycles. The molecule has 1 aliphatic carbocycles. The van der Waals surface area contributed by atoms with Crippen LogP contribution in [0.4, 0.5) is 4.79 Å². The van der Waals surface area contributed by atoms with Gasteiger partial charge in [0, 0.05) is 0 Å². The summed E-state index contributed by atoms with van der Waals surface area (Å²) in [5.74, 6) is 0.590. The lowest BCUT2D eigenvalue weighted by atomic mass is 9.86. The van der Waals surface area contributed by atoms with Crippen molar-refractivity contribution in [3.8, 4) is 0 Å². The van der Waals surface area contributed by atoms with Gasteiger partial charge in [0.2, 0.25) is 0 Å². The first-order valence-electron chi connectivity index (χ1n) is 4.85. The molecule has 0 aromatic heterocycles. The van der Waals surface area contributed by atoms with E-state index in [0.717, 1.165) is 19.3 Å².